The van der Waals surface area contributed by atoms with E-state index in [1.165, 1.54) is 0 Å². The largest absolute Gasteiger partial charge is 0.493 e. The number of methoxy groups -OCH3 is 1. The van der Waals surface area contributed by atoms with E-state index in [1.807, 2.05) is 48.5 Å². The topological polar surface area (TPSA) is 100 Å². The number of amides is 2. The minimum Gasteiger partial charge on any atom is -0.493 e. The van der Waals surface area contributed by atoms with Gasteiger partial charge in [-0.15, -0.1) is 0 Å². The molecule has 0 aliphatic carbocycles. The van der Waals surface area contributed by atoms with E-state index in [1.54, 1.807) is 31.4 Å². The van der Waals surface area contributed by atoms with E-state index in [0.29, 0.717) is 34.4 Å². The number of carbonyl (C=O) groups excluding carboxylic acids is 2. The van der Waals surface area contributed by atoms with Gasteiger partial charge >= 0.3 is 0 Å². The minimum absolute atomic E-state index is 0.0408. The number of hydrogen-bond donors (Lipinski definition) is 2. The van der Waals surface area contributed by atoms with Crippen LogP contribution in [0.5, 0.6) is 11.5 Å². The third-order valence-corrected chi connectivity index (χ3v) is 7.20. The molecule has 7 nitrogen and oxygen atoms in total. The van der Waals surface area contributed by atoms with E-state index < -0.39 is 5.92 Å². The van der Waals surface area contributed by atoms with E-state index in [0.717, 1.165) is 27.4 Å². The molecule has 37 heavy (non-hydrogen) atoms. The summed E-state index contributed by atoms with van der Waals surface area (Å²) in [5.41, 5.74) is 2.85. The van der Waals surface area contributed by atoms with E-state index >= 15 is 0 Å². The maximum Gasteiger partial charge on any atom is 0.234 e. The smallest absolute Gasteiger partial charge is 0.234 e. The SMILES string of the molecule is COc1cc([C@@H]2CC(=O)NC(SCC(=O)Nc3ccc(Br)cc3)=C2C#N)ccc1OCc1ccccc1. The fourth-order valence-corrected chi connectivity index (χ4v) is 4.98. The molecule has 0 unspecified atom stereocenters. The summed E-state index contributed by atoms with van der Waals surface area (Å²) in [7, 11) is 1.55. The Morgan fingerprint density at radius 1 is 1.14 bits per heavy atom. The van der Waals surface area contributed by atoms with Gasteiger partial charge in [-0.05, 0) is 47.5 Å². The monoisotopic (exact) mass is 577 g/mol. The molecule has 1 aliphatic heterocycles. The van der Waals surface area contributed by atoms with Crippen molar-refractivity contribution in [2.24, 2.45) is 0 Å². The van der Waals surface area contributed by atoms with Crippen molar-refractivity contribution in [3.8, 4) is 17.6 Å². The van der Waals surface area contributed by atoms with E-state index in [-0.39, 0.29) is 24.0 Å². The van der Waals surface area contributed by atoms with Gasteiger partial charge in [-0.2, -0.15) is 5.26 Å². The Hall–Kier alpha value is -3.74. The van der Waals surface area contributed by atoms with Crippen molar-refractivity contribution in [1.29, 1.82) is 5.26 Å². The third-order valence-electron chi connectivity index (χ3n) is 5.66. The maximum atomic E-state index is 12.5. The second kappa shape index (κ2) is 12.5. The molecule has 1 atom stereocenters. The van der Waals surface area contributed by atoms with Gasteiger partial charge in [0.25, 0.3) is 0 Å². The Labute approximate surface area is 228 Å². The highest BCUT2D eigenvalue weighted by Crippen LogP contribution is 2.39. The zero-order valence-electron chi connectivity index (χ0n) is 20.0. The molecule has 1 aliphatic rings. The van der Waals surface area contributed by atoms with Crippen LogP contribution >= 0.6 is 27.7 Å². The summed E-state index contributed by atoms with van der Waals surface area (Å²) in [6.07, 6.45) is 0.116. The predicted molar refractivity (Wildman–Crippen MR) is 147 cm³/mol. The number of benzene rings is 3. The maximum absolute atomic E-state index is 12.5. The summed E-state index contributed by atoms with van der Waals surface area (Å²) in [5, 5.41) is 15.9. The van der Waals surface area contributed by atoms with Gasteiger partial charge in [0.15, 0.2) is 11.5 Å². The zero-order chi connectivity index (χ0) is 26.2. The predicted octanol–water partition coefficient (Wildman–Crippen LogP) is 5.75. The van der Waals surface area contributed by atoms with Crippen LogP contribution in [0, 0.1) is 11.3 Å². The van der Waals surface area contributed by atoms with E-state index in [9.17, 15) is 14.9 Å². The summed E-state index contributed by atoms with van der Waals surface area (Å²) in [5.74, 6) is 0.196. The van der Waals surface area contributed by atoms with Crippen LogP contribution in [0.25, 0.3) is 0 Å². The molecule has 0 saturated carbocycles. The first-order valence-corrected chi connectivity index (χ1v) is 13.2. The lowest BCUT2D eigenvalue weighted by Gasteiger charge is -2.25. The van der Waals surface area contributed by atoms with Crippen LogP contribution in [0.2, 0.25) is 0 Å². The standard InChI is InChI=1S/C28H24BrN3O4S/c1-35-25-13-19(7-12-24(25)36-16-18-5-3-2-4-6-18)22-14-26(33)32-28(23(22)15-30)37-17-27(34)31-21-10-8-20(29)9-11-21/h2-13,22H,14,16-17H2,1H3,(H,31,34)(H,32,33)/t22-/m0/s1. The Morgan fingerprint density at radius 3 is 2.59 bits per heavy atom. The molecular formula is C28H24BrN3O4S. The first-order chi connectivity index (χ1) is 18.0. The van der Waals surface area contributed by atoms with E-state index in [4.69, 9.17) is 9.47 Å². The highest BCUT2D eigenvalue weighted by Gasteiger charge is 2.30. The third kappa shape index (κ3) is 6.94. The number of nitriles is 1. The van der Waals surface area contributed by atoms with Gasteiger partial charge < -0.3 is 20.1 Å². The molecular weight excluding hydrogens is 554 g/mol. The number of anilines is 1. The van der Waals surface area contributed by atoms with Crippen LogP contribution in [-0.2, 0) is 16.2 Å². The lowest BCUT2D eigenvalue weighted by Crippen LogP contribution is -2.31. The Bertz CT molecular complexity index is 1350. The van der Waals surface area contributed by atoms with Crippen LogP contribution in [0.1, 0.15) is 23.5 Å². The van der Waals surface area contributed by atoms with Gasteiger partial charge in [-0.1, -0.05) is 64.1 Å². The Balaban J connectivity index is 1.49. The van der Waals surface area contributed by atoms with Crippen molar-refractivity contribution in [2.75, 3.05) is 18.2 Å². The molecule has 3 aromatic rings. The average Bonchev–Trinajstić information content (AvgIpc) is 2.92. The number of ether oxygens (including phenoxy) is 2. The first-order valence-electron chi connectivity index (χ1n) is 11.4. The van der Waals surface area contributed by atoms with Crippen molar-refractivity contribution in [3.05, 3.63) is 99.0 Å². The number of allylic oxidation sites excluding steroid dienone is 1. The lowest BCUT2D eigenvalue weighted by molar-refractivity contribution is -0.121. The lowest BCUT2D eigenvalue weighted by atomic mass is 9.87. The molecule has 1 heterocycles. The molecule has 9 heteroatoms. The molecule has 0 aromatic heterocycles. The number of thioether (sulfide) groups is 1. The Kier molecular flexibility index (Phi) is 8.88. The van der Waals surface area contributed by atoms with Crippen LogP contribution in [0.15, 0.2) is 87.9 Å². The van der Waals surface area contributed by atoms with Gasteiger partial charge in [0.05, 0.1) is 29.5 Å². The number of hydrogen-bond acceptors (Lipinski definition) is 6. The summed E-state index contributed by atoms with van der Waals surface area (Å²) >= 11 is 4.49. The quantitative estimate of drug-likeness (QED) is 0.336. The van der Waals surface area contributed by atoms with Crippen molar-refractivity contribution < 1.29 is 19.1 Å². The fourth-order valence-electron chi connectivity index (χ4n) is 3.84. The van der Waals surface area contributed by atoms with E-state index in [2.05, 4.69) is 32.6 Å². The molecule has 0 spiro atoms. The molecule has 3 aromatic carbocycles. The van der Waals surface area contributed by atoms with Crippen molar-refractivity contribution in [2.45, 2.75) is 18.9 Å². The van der Waals surface area contributed by atoms with Crippen LogP contribution in [0.3, 0.4) is 0 Å². The molecule has 2 N–H and O–H groups in total. The zero-order valence-corrected chi connectivity index (χ0v) is 22.4. The Morgan fingerprint density at radius 2 is 1.89 bits per heavy atom. The average molecular weight is 578 g/mol. The van der Waals surface area contributed by atoms with Crippen molar-refractivity contribution >= 4 is 45.2 Å². The number of carbonyl (C=O) groups is 2. The van der Waals surface area contributed by atoms with Gasteiger partial charge in [0, 0.05) is 22.5 Å². The molecule has 0 bridgehead atoms. The molecule has 0 radical (unpaired) electrons. The number of halogens is 1. The summed E-state index contributed by atoms with van der Waals surface area (Å²) in [6.45, 7) is 0.384. The molecule has 188 valence electrons. The summed E-state index contributed by atoms with van der Waals surface area (Å²) < 4.78 is 12.4. The molecule has 0 fully saturated rings. The summed E-state index contributed by atoms with van der Waals surface area (Å²) in [4.78, 5) is 25.0. The van der Waals surface area contributed by atoms with Crippen LogP contribution in [0.4, 0.5) is 5.69 Å². The first kappa shape index (κ1) is 26.3. The van der Waals surface area contributed by atoms with Gasteiger partial charge in [-0.3, -0.25) is 9.59 Å². The van der Waals surface area contributed by atoms with Crippen molar-refractivity contribution in [3.63, 3.8) is 0 Å². The van der Waals surface area contributed by atoms with Gasteiger partial charge in [0.1, 0.15) is 6.61 Å². The number of nitrogens with zero attached hydrogens (tertiary/aromatic N) is 1. The normalized spacial score (nSPS) is 14.9. The van der Waals surface area contributed by atoms with Gasteiger partial charge in [0.2, 0.25) is 11.8 Å². The van der Waals surface area contributed by atoms with Crippen LogP contribution in [-0.4, -0.2) is 24.7 Å². The second-order valence-electron chi connectivity index (χ2n) is 8.19. The summed E-state index contributed by atoms with van der Waals surface area (Å²) in [6, 6.07) is 24.7. The van der Waals surface area contributed by atoms with Crippen molar-refractivity contribution in [1.82, 2.24) is 5.32 Å². The number of nitrogens with one attached hydrogen (secondary N) is 2. The number of rotatable bonds is 9. The van der Waals surface area contributed by atoms with Gasteiger partial charge in [-0.25, -0.2) is 0 Å². The highest BCUT2D eigenvalue weighted by atomic mass is 79.9. The fraction of sp³-hybridized carbons (Fsp3) is 0.179. The van der Waals surface area contributed by atoms with Crippen LogP contribution < -0.4 is 20.1 Å². The minimum atomic E-state index is -0.465. The molecule has 4 rings (SSSR count). The molecule has 2 amide bonds. The highest BCUT2D eigenvalue weighted by molar-refractivity contribution is 9.10. The second-order valence-corrected chi connectivity index (χ2v) is 10.1. The molecule has 0 saturated heterocycles.